The molecule has 1 fully saturated rings. The van der Waals surface area contributed by atoms with E-state index in [2.05, 4.69) is 11.4 Å². The molecule has 0 amide bonds. The molecule has 1 aromatic rings. The Labute approximate surface area is 111 Å². The van der Waals surface area contributed by atoms with Crippen molar-refractivity contribution in [2.75, 3.05) is 14.2 Å². The van der Waals surface area contributed by atoms with Gasteiger partial charge in [0.1, 0.15) is 5.82 Å². The Kier molecular flexibility index (Phi) is 3.72. The van der Waals surface area contributed by atoms with Gasteiger partial charge in [-0.15, -0.1) is 0 Å². The molecule has 1 saturated carbocycles. The summed E-state index contributed by atoms with van der Waals surface area (Å²) in [6.07, 6.45) is 2.33. The van der Waals surface area contributed by atoms with Crippen LogP contribution in [0.1, 0.15) is 30.9 Å². The molecule has 19 heavy (non-hydrogen) atoms. The van der Waals surface area contributed by atoms with Crippen LogP contribution in [0.4, 0.5) is 8.78 Å². The minimum absolute atomic E-state index is 0.129. The number of hydrogen-bond donors (Lipinski definition) is 1. The van der Waals surface area contributed by atoms with E-state index < -0.39 is 23.1 Å². The average Bonchev–Trinajstić information content (AvgIpc) is 2.36. The summed E-state index contributed by atoms with van der Waals surface area (Å²) in [7, 11) is 2.94. The number of hydrogen-bond acceptors (Lipinski definition) is 3. The molecule has 0 radical (unpaired) electrons. The molecule has 0 heterocycles. The highest BCUT2D eigenvalue weighted by Gasteiger charge is 2.45. The molecule has 0 spiro atoms. The number of nitriles is 1. The Morgan fingerprint density at radius 2 is 2.05 bits per heavy atom. The fourth-order valence-electron chi connectivity index (χ4n) is 2.67. The predicted octanol–water partition coefficient (Wildman–Crippen LogP) is 2.93. The lowest BCUT2D eigenvalue weighted by Gasteiger charge is -2.42. The molecule has 0 aromatic heterocycles. The van der Waals surface area contributed by atoms with Crippen molar-refractivity contribution >= 4 is 0 Å². The zero-order valence-corrected chi connectivity index (χ0v) is 11.0. The number of ether oxygens (including phenoxy) is 1. The zero-order valence-electron chi connectivity index (χ0n) is 11.0. The highest BCUT2D eigenvalue weighted by Crippen LogP contribution is 2.50. The van der Waals surface area contributed by atoms with Gasteiger partial charge < -0.3 is 10.1 Å². The van der Waals surface area contributed by atoms with E-state index >= 15 is 0 Å². The molecular weight excluding hydrogens is 250 g/mol. The maximum atomic E-state index is 14.1. The number of halogens is 2. The summed E-state index contributed by atoms with van der Waals surface area (Å²) in [4.78, 5) is 0. The highest BCUT2D eigenvalue weighted by atomic mass is 19.1. The van der Waals surface area contributed by atoms with E-state index in [-0.39, 0.29) is 11.3 Å². The van der Waals surface area contributed by atoms with Crippen LogP contribution in [0.25, 0.3) is 0 Å². The second-order valence-electron chi connectivity index (χ2n) is 4.85. The van der Waals surface area contributed by atoms with Crippen molar-refractivity contribution in [1.29, 1.82) is 5.26 Å². The summed E-state index contributed by atoms with van der Waals surface area (Å²) in [5.74, 6) is -1.30. The van der Waals surface area contributed by atoms with Crippen molar-refractivity contribution in [2.45, 2.75) is 25.3 Å². The van der Waals surface area contributed by atoms with Crippen LogP contribution >= 0.6 is 0 Å². The van der Waals surface area contributed by atoms with Crippen molar-refractivity contribution in [3.63, 3.8) is 0 Å². The van der Waals surface area contributed by atoms with Gasteiger partial charge in [-0.1, -0.05) is 6.42 Å². The molecule has 1 atom stereocenters. The molecule has 102 valence electrons. The summed E-state index contributed by atoms with van der Waals surface area (Å²) < 4.78 is 32.6. The van der Waals surface area contributed by atoms with E-state index in [1.807, 2.05) is 0 Å². The van der Waals surface area contributed by atoms with Crippen LogP contribution < -0.4 is 10.1 Å². The van der Waals surface area contributed by atoms with Gasteiger partial charge >= 0.3 is 0 Å². The number of nitrogens with zero attached hydrogens (tertiary/aromatic N) is 1. The first-order chi connectivity index (χ1) is 9.07. The van der Waals surface area contributed by atoms with Gasteiger partial charge in [0, 0.05) is 11.6 Å². The maximum Gasteiger partial charge on any atom is 0.165 e. The third kappa shape index (κ3) is 2.17. The monoisotopic (exact) mass is 266 g/mol. The molecule has 1 aliphatic rings. The summed E-state index contributed by atoms with van der Waals surface area (Å²) >= 11 is 0. The van der Waals surface area contributed by atoms with Gasteiger partial charge in [-0.25, -0.2) is 8.78 Å². The van der Waals surface area contributed by atoms with Crippen LogP contribution in [0.3, 0.4) is 0 Å². The smallest absolute Gasteiger partial charge is 0.165 e. The van der Waals surface area contributed by atoms with Crippen LogP contribution in [0.5, 0.6) is 5.75 Å². The second kappa shape index (κ2) is 5.14. The minimum Gasteiger partial charge on any atom is -0.494 e. The van der Waals surface area contributed by atoms with E-state index in [1.54, 1.807) is 7.05 Å². The minimum atomic E-state index is -0.642. The molecule has 1 aliphatic carbocycles. The van der Waals surface area contributed by atoms with Crippen molar-refractivity contribution in [3.8, 4) is 11.8 Å². The molecule has 5 heteroatoms. The van der Waals surface area contributed by atoms with Gasteiger partial charge in [0.2, 0.25) is 0 Å². The summed E-state index contributed by atoms with van der Waals surface area (Å²) in [5, 5.41) is 12.3. The van der Waals surface area contributed by atoms with E-state index in [9.17, 15) is 14.0 Å². The lowest BCUT2D eigenvalue weighted by Crippen LogP contribution is -2.41. The molecule has 0 saturated heterocycles. The molecule has 1 N–H and O–H groups in total. The normalized spacial score (nSPS) is 18.3. The Bertz CT molecular complexity index is 521. The quantitative estimate of drug-likeness (QED) is 0.911. The topological polar surface area (TPSA) is 45.0 Å². The molecule has 3 nitrogen and oxygen atoms in total. The lowest BCUT2D eigenvalue weighted by atomic mass is 9.63. The van der Waals surface area contributed by atoms with Crippen LogP contribution in [-0.2, 0) is 0 Å². The van der Waals surface area contributed by atoms with E-state index in [4.69, 9.17) is 4.74 Å². The maximum absolute atomic E-state index is 14.1. The van der Waals surface area contributed by atoms with Crippen LogP contribution in [0.2, 0.25) is 0 Å². The Balaban J connectivity index is 2.45. The van der Waals surface area contributed by atoms with Gasteiger partial charge in [-0.05, 0) is 26.0 Å². The lowest BCUT2D eigenvalue weighted by molar-refractivity contribution is 0.146. The van der Waals surface area contributed by atoms with Crippen LogP contribution in [0.15, 0.2) is 12.1 Å². The second-order valence-corrected chi connectivity index (χ2v) is 4.85. The average molecular weight is 266 g/mol. The van der Waals surface area contributed by atoms with Crippen molar-refractivity contribution < 1.29 is 13.5 Å². The summed E-state index contributed by atoms with van der Waals surface area (Å²) in [6, 6.07) is 3.89. The van der Waals surface area contributed by atoms with Crippen LogP contribution in [-0.4, -0.2) is 14.2 Å². The van der Waals surface area contributed by atoms with Gasteiger partial charge in [-0.3, -0.25) is 0 Å². The summed E-state index contributed by atoms with van der Waals surface area (Å²) in [5.41, 5.74) is -0.460. The summed E-state index contributed by atoms with van der Waals surface area (Å²) in [6.45, 7) is 0. The fraction of sp³-hybridized carbons (Fsp3) is 0.500. The number of nitrogens with one attached hydrogen (secondary N) is 1. The fourth-order valence-corrected chi connectivity index (χ4v) is 2.67. The largest absolute Gasteiger partial charge is 0.494 e. The number of methoxy groups -OCH3 is 1. The van der Waals surface area contributed by atoms with Gasteiger partial charge in [0.05, 0.1) is 24.6 Å². The number of rotatable bonds is 4. The molecule has 1 unspecified atom stereocenters. The first-order valence-electron chi connectivity index (χ1n) is 6.19. The van der Waals surface area contributed by atoms with E-state index in [1.165, 1.54) is 7.11 Å². The van der Waals surface area contributed by atoms with Gasteiger partial charge in [0.15, 0.2) is 11.6 Å². The standard InChI is InChI=1S/C14H16F2N2O/c1-18-13(14(8-17)4-3-5-14)9-6-11(16)12(19-2)7-10(9)15/h6-7,13,18H,3-5H2,1-2H3. The molecule has 1 aromatic carbocycles. The number of benzene rings is 1. The Morgan fingerprint density at radius 3 is 2.47 bits per heavy atom. The van der Waals surface area contributed by atoms with E-state index in [0.717, 1.165) is 18.6 Å². The predicted molar refractivity (Wildman–Crippen MR) is 66.6 cm³/mol. The first-order valence-corrected chi connectivity index (χ1v) is 6.19. The SMILES string of the molecule is CNC(c1cc(F)c(OC)cc1F)C1(C#N)CCC1. The first kappa shape index (κ1) is 13.8. The Hall–Kier alpha value is -1.67. The molecule has 0 bridgehead atoms. The van der Waals surface area contributed by atoms with Gasteiger partial charge in [0.25, 0.3) is 0 Å². The molecular formula is C14H16F2N2O. The van der Waals surface area contributed by atoms with Gasteiger partial charge in [-0.2, -0.15) is 5.26 Å². The Morgan fingerprint density at radius 1 is 1.37 bits per heavy atom. The molecule has 0 aliphatic heterocycles. The highest BCUT2D eigenvalue weighted by molar-refractivity contribution is 5.35. The van der Waals surface area contributed by atoms with Crippen molar-refractivity contribution in [1.82, 2.24) is 5.32 Å². The van der Waals surface area contributed by atoms with Crippen LogP contribution in [0, 0.1) is 28.4 Å². The third-order valence-electron chi connectivity index (χ3n) is 3.89. The van der Waals surface area contributed by atoms with Crippen molar-refractivity contribution in [2.24, 2.45) is 5.41 Å². The molecule has 2 rings (SSSR count). The van der Waals surface area contributed by atoms with E-state index in [0.29, 0.717) is 12.8 Å². The third-order valence-corrected chi connectivity index (χ3v) is 3.89. The zero-order chi connectivity index (χ0) is 14.0. The van der Waals surface area contributed by atoms with Crippen molar-refractivity contribution in [3.05, 3.63) is 29.3 Å².